The van der Waals surface area contributed by atoms with E-state index in [1.165, 1.54) is 6.08 Å². The highest BCUT2D eigenvalue weighted by Gasteiger charge is 2.21. The Bertz CT molecular complexity index is 273. The Morgan fingerprint density at radius 1 is 1.06 bits per heavy atom. The molecule has 1 atom stereocenters. The van der Waals surface area contributed by atoms with Crippen molar-refractivity contribution in [2.45, 2.75) is 34.1 Å². The normalized spacial score (nSPS) is 12.6. The Morgan fingerprint density at radius 2 is 1.50 bits per heavy atom. The maximum Gasteiger partial charge on any atom is 0.342 e. The zero-order valence-electron chi connectivity index (χ0n) is 10.2. The lowest BCUT2D eigenvalue weighted by atomic mass is 9.86. The molecule has 1 unspecified atom stereocenters. The summed E-state index contributed by atoms with van der Waals surface area (Å²) in [5, 5.41) is 17.5. The van der Waals surface area contributed by atoms with E-state index >= 15 is 0 Å². The number of carboxylic acid groups (broad SMARTS) is 2. The van der Waals surface area contributed by atoms with Gasteiger partial charge in [0.15, 0.2) is 0 Å². The molecule has 0 aromatic rings. The van der Waals surface area contributed by atoms with Crippen LogP contribution in [0.15, 0.2) is 11.6 Å². The van der Waals surface area contributed by atoms with E-state index in [4.69, 9.17) is 10.2 Å². The summed E-state index contributed by atoms with van der Waals surface area (Å²) in [6.07, 6.45) is 2.16. The lowest BCUT2D eigenvalue weighted by Crippen LogP contribution is -2.16. The molecule has 0 rings (SSSR count). The summed E-state index contributed by atoms with van der Waals surface area (Å²) in [5.41, 5.74) is -0.528. The summed E-state index contributed by atoms with van der Waals surface area (Å²) >= 11 is 0. The molecule has 92 valence electrons. The van der Waals surface area contributed by atoms with E-state index in [1.54, 1.807) is 0 Å². The average Bonchev–Trinajstić information content (AvgIpc) is 2.09. The third-order valence-corrected chi connectivity index (χ3v) is 2.44. The summed E-state index contributed by atoms with van der Waals surface area (Å²) in [6.45, 7) is 7.99. The van der Waals surface area contributed by atoms with Crippen LogP contribution in [0.4, 0.5) is 0 Å². The molecule has 4 nitrogen and oxygen atoms in total. The van der Waals surface area contributed by atoms with Crippen molar-refractivity contribution < 1.29 is 19.8 Å². The molecular formula is C12H20O4. The van der Waals surface area contributed by atoms with Crippen molar-refractivity contribution in [2.24, 2.45) is 17.8 Å². The molecule has 0 spiro atoms. The fourth-order valence-corrected chi connectivity index (χ4v) is 1.53. The molecule has 0 radical (unpaired) electrons. The van der Waals surface area contributed by atoms with Crippen LogP contribution in [0, 0.1) is 17.8 Å². The predicted molar refractivity (Wildman–Crippen MR) is 61.1 cm³/mol. The first-order valence-electron chi connectivity index (χ1n) is 5.44. The van der Waals surface area contributed by atoms with Gasteiger partial charge in [-0.1, -0.05) is 33.8 Å². The van der Waals surface area contributed by atoms with Crippen molar-refractivity contribution in [2.75, 3.05) is 0 Å². The Morgan fingerprint density at radius 3 is 1.75 bits per heavy atom. The number of hydrogen-bond donors (Lipinski definition) is 2. The van der Waals surface area contributed by atoms with E-state index in [0.717, 1.165) is 6.42 Å². The Hall–Kier alpha value is -1.32. The van der Waals surface area contributed by atoms with Crippen molar-refractivity contribution in [3.8, 4) is 0 Å². The van der Waals surface area contributed by atoms with Gasteiger partial charge in [-0.05, 0) is 24.2 Å². The summed E-state index contributed by atoms with van der Waals surface area (Å²) in [7, 11) is 0. The Labute approximate surface area is 96.0 Å². The van der Waals surface area contributed by atoms with Gasteiger partial charge >= 0.3 is 11.9 Å². The fourth-order valence-electron chi connectivity index (χ4n) is 1.53. The van der Waals surface area contributed by atoms with E-state index < -0.39 is 17.5 Å². The van der Waals surface area contributed by atoms with E-state index in [-0.39, 0.29) is 11.8 Å². The number of carboxylic acids is 2. The fraction of sp³-hybridized carbons (Fsp3) is 0.667. The summed E-state index contributed by atoms with van der Waals surface area (Å²) < 4.78 is 0. The first-order chi connectivity index (χ1) is 7.25. The molecule has 4 heteroatoms. The molecule has 0 heterocycles. The number of hydrogen-bond acceptors (Lipinski definition) is 2. The lowest BCUT2D eigenvalue weighted by molar-refractivity contribution is -0.140. The average molecular weight is 228 g/mol. The highest BCUT2D eigenvalue weighted by atomic mass is 16.4. The molecule has 0 aliphatic rings. The smallest absolute Gasteiger partial charge is 0.342 e. The van der Waals surface area contributed by atoms with Crippen LogP contribution in [0.5, 0.6) is 0 Å². The molecule has 0 bridgehead atoms. The second-order valence-electron chi connectivity index (χ2n) is 4.73. The molecule has 2 N–H and O–H groups in total. The Balaban J connectivity index is 4.99. The summed E-state index contributed by atoms with van der Waals surface area (Å²) in [5.74, 6) is -2.12. The van der Waals surface area contributed by atoms with Crippen LogP contribution in [0.25, 0.3) is 0 Å². The second-order valence-corrected chi connectivity index (χ2v) is 4.73. The van der Waals surface area contributed by atoms with Crippen LogP contribution in [-0.4, -0.2) is 22.2 Å². The highest BCUT2D eigenvalue weighted by Crippen LogP contribution is 2.23. The summed E-state index contributed by atoms with van der Waals surface area (Å²) in [4.78, 5) is 21.5. The van der Waals surface area contributed by atoms with Gasteiger partial charge in [0.05, 0.1) is 0 Å². The van der Waals surface area contributed by atoms with E-state index in [9.17, 15) is 9.59 Å². The van der Waals surface area contributed by atoms with Crippen LogP contribution in [0.2, 0.25) is 0 Å². The van der Waals surface area contributed by atoms with Gasteiger partial charge in [-0.25, -0.2) is 9.59 Å². The maximum atomic E-state index is 10.7. The lowest BCUT2D eigenvalue weighted by Gasteiger charge is -2.19. The molecule has 0 fully saturated rings. The number of rotatable bonds is 6. The van der Waals surface area contributed by atoms with Crippen LogP contribution in [0.1, 0.15) is 34.1 Å². The van der Waals surface area contributed by atoms with Gasteiger partial charge in [-0.15, -0.1) is 0 Å². The molecular weight excluding hydrogens is 208 g/mol. The zero-order valence-corrected chi connectivity index (χ0v) is 10.2. The van der Waals surface area contributed by atoms with Crippen LogP contribution < -0.4 is 0 Å². The van der Waals surface area contributed by atoms with Crippen molar-refractivity contribution in [1.29, 1.82) is 0 Å². The second kappa shape index (κ2) is 6.30. The molecule has 0 aromatic carbocycles. The SMILES string of the molecule is CC(C)CC(C=C(C(=O)O)C(=O)O)C(C)C. The van der Waals surface area contributed by atoms with Gasteiger partial charge in [0.2, 0.25) is 0 Å². The molecule has 0 aliphatic carbocycles. The quantitative estimate of drug-likeness (QED) is 0.416. The summed E-state index contributed by atoms with van der Waals surface area (Å²) in [6, 6.07) is 0. The monoisotopic (exact) mass is 228 g/mol. The topological polar surface area (TPSA) is 74.6 Å². The van der Waals surface area contributed by atoms with Crippen molar-refractivity contribution in [1.82, 2.24) is 0 Å². The highest BCUT2D eigenvalue weighted by molar-refractivity contribution is 6.12. The van der Waals surface area contributed by atoms with Crippen molar-refractivity contribution >= 4 is 11.9 Å². The Kier molecular flexibility index (Phi) is 5.78. The minimum absolute atomic E-state index is 0.0119. The van der Waals surface area contributed by atoms with E-state index in [1.807, 2.05) is 27.7 Å². The first kappa shape index (κ1) is 14.7. The first-order valence-corrected chi connectivity index (χ1v) is 5.44. The van der Waals surface area contributed by atoms with Crippen LogP contribution >= 0.6 is 0 Å². The van der Waals surface area contributed by atoms with Crippen molar-refractivity contribution in [3.05, 3.63) is 11.6 Å². The third-order valence-electron chi connectivity index (χ3n) is 2.44. The molecule has 0 amide bonds. The predicted octanol–water partition coefficient (Wildman–Crippen LogP) is 2.40. The third kappa shape index (κ3) is 4.96. The molecule has 0 saturated carbocycles. The number of allylic oxidation sites excluding steroid dienone is 1. The minimum atomic E-state index is -1.37. The largest absolute Gasteiger partial charge is 0.477 e. The van der Waals surface area contributed by atoms with Crippen molar-refractivity contribution in [3.63, 3.8) is 0 Å². The van der Waals surface area contributed by atoms with E-state index in [2.05, 4.69) is 0 Å². The molecule has 0 saturated heterocycles. The van der Waals surface area contributed by atoms with Gasteiger partial charge in [0.1, 0.15) is 5.57 Å². The van der Waals surface area contributed by atoms with Crippen LogP contribution in [-0.2, 0) is 9.59 Å². The van der Waals surface area contributed by atoms with Gasteiger partial charge in [-0.2, -0.15) is 0 Å². The molecule has 0 aliphatic heterocycles. The van der Waals surface area contributed by atoms with Gasteiger partial charge < -0.3 is 10.2 Å². The standard InChI is InChI=1S/C12H20O4/c1-7(2)5-9(8(3)4)6-10(11(13)14)12(15)16/h6-9H,5H2,1-4H3,(H,13,14)(H,15,16). The molecule has 0 aromatic heterocycles. The van der Waals surface area contributed by atoms with Gasteiger partial charge in [0.25, 0.3) is 0 Å². The number of aliphatic carboxylic acids is 2. The maximum absolute atomic E-state index is 10.7. The minimum Gasteiger partial charge on any atom is -0.477 e. The number of carbonyl (C=O) groups is 2. The van der Waals surface area contributed by atoms with Gasteiger partial charge in [-0.3, -0.25) is 0 Å². The van der Waals surface area contributed by atoms with Gasteiger partial charge in [0, 0.05) is 0 Å². The van der Waals surface area contributed by atoms with E-state index in [0.29, 0.717) is 5.92 Å². The zero-order chi connectivity index (χ0) is 12.9. The molecule has 16 heavy (non-hydrogen) atoms. The van der Waals surface area contributed by atoms with Crippen LogP contribution in [0.3, 0.4) is 0 Å².